The van der Waals surface area contributed by atoms with Crippen LogP contribution in [0.4, 0.5) is 0 Å². The normalized spacial score (nSPS) is 20.5. The summed E-state index contributed by atoms with van der Waals surface area (Å²) in [6.45, 7) is 4.36. The van der Waals surface area contributed by atoms with Gasteiger partial charge in [-0.2, -0.15) is 0 Å². The highest BCUT2D eigenvalue weighted by Gasteiger charge is 2.21. The Morgan fingerprint density at radius 1 is 0.846 bits per heavy atom. The summed E-state index contributed by atoms with van der Waals surface area (Å²) in [5.74, 6) is 1.72. The van der Waals surface area contributed by atoms with Gasteiger partial charge in [-0.25, -0.2) is 0 Å². The largest absolute Gasteiger partial charge is 0.0917 e. The summed E-state index contributed by atoms with van der Waals surface area (Å²) in [6.07, 6.45) is 15.1. The van der Waals surface area contributed by atoms with E-state index in [2.05, 4.69) is 74.5 Å². The molecule has 0 heterocycles. The average Bonchev–Trinajstić information content (AvgIpc) is 2.70. The lowest BCUT2D eigenvalue weighted by Gasteiger charge is -2.28. The van der Waals surface area contributed by atoms with Crippen LogP contribution in [0, 0.1) is 5.92 Å². The number of rotatable bonds is 7. The molecular formula is C26H34. The highest BCUT2D eigenvalue weighted by Crippen LogP contribution is 2.38. The molecular weight excluding hydrogens is 312 g/mol. The Kier molecular flexibility index (Phi) is 7.12. The third kappa shape index (κ3) is 5.10. The van der Waals surface area contributed by atoms with Crippen LogP contribution < -0.4 is 0 Å². The van der Waals surface area contributed by atoms with Crippen molar-refractivity contribution in [3.63, 3.8) is 0 Å². The van der Waals surface area contributed by atoms with E-state index >= 15 is 0 Å². The second-order valence-electron chi connectivity index (χ2n) is 7.93. The number of benzene rings is 2. The van der Waals surface area contributed by atoms with Crippen LogP contribution in [0.5, 0.6) is 0 Å². The lowest BCUT2D eigenvalue weighted by atomic mass is 9.77. The van der Waals surface area contributed by atoms with Crippen LogP contribution in [-0.2, 0) is 6.42 Å². The fraction of sp³-hybridized carbons (Fsp3) is 0.462. The van der Waals surface area contributed by atoms with Crippen LogP contribution >= 0.6 is 0 Å². The van der Waals surface area contributed by atoms with Gasteiger partial charge in [-0.3, -0.25) is 0 Å². The van der Waals surface area contributed by atoms with Gasteiger partial charge in [0.15, 0.2) is 0 Å². The predicted octanol–water partition coefficient (Wildman–Crippen LogP) is 7.94. The van der Waals surface area contributed by atoms with Crippen LogP contribution in [0.15, 0.2) is 60.7 Å². The average molecular weight is 347 g/mol. The van der Waals surface area contributed by atoms with Crippen molar-refractivity contribution in [1.82, 2.24) is 0 Å². The molecule has 0 atom stereocenters. The van der Waals surface area contributed by atoms with Crippen LogP contribution in [0.2, 0.25) is 0 Å². The van der Waals surface area contributed by atoms with Crippen molar-refractivity contribution >= 4 is 0 Å². The zero-order valence-corrected chi connectivity index (χ0v) is 16.6. The zero-order chi connectivity index (χ0) is 18.2. The Labute approximate surface area is 160 Å². The van der Waals surface area contributed by atoms with Gasteiger partial charge >= 0.3 is 0 Å². The lowest BCUT2D eigenvalue weighted by molar-refractivity contribution is 0.312. The predicted molar refractivity (Wildman–Crippen MR) is 115 cm³/mol. The molecule has 26 heavy (non-hydrogen) atoms. The van der Waals surface area contributed by atoms with Gasteiger partial charge in [-0.1, -0.05) is 74.0 Å². The monoisotopic (exact) mass is 346 g/mol. The molecule has 3 rings (SSSR count). The van der Waals surface area contributed by atoms with E-state index in [-0.39, 0.29) is 0 Å². The topological polar surface area (TPSA) is 0 Å². The first-order valence-corrected chi connectivity index (χ1v) is 10.6. The standard InChI is InChI=1S/C26H34/c1-3-5-6-8-22-11-15-24(16-12-22)26-19-17-25(18-20-26)23-13-9-21(7-4-2)10-14-23/h3,5,9-10,13-14,17-20,22,24H,4,6-8,11-12,15-16H2,1-2H3/b5-3+/t22-,24-. The molecule has 1 saturated carbocycles. The molecule has 1 fully saturated rings. The first-order chi connectivity index (χ1) is 12.8. The lowest BCUT2D eigenvalue weighted by Crippen LogP contribution is -2.13. The summed E-state index contributed by atoms with van der Waals surface area (Å²) in [4.78, 5) is 0. The van der Waals surface area contributed by atoms with E-state index in [1.165, 1.54) is 68.1 Å². The quantitative estimate of drug-likeness (QED) is 0.446. The molecule has 0 heteroatoms. The van der Waals surface area contributed by atoms with Gasteiger partial charge in [0, 0.05) is 0 Å². The van der Waals surface area contributed by atoms with E-state index in [1.807, 2.05) is 0 Å². The minimum atomic E-state index is 0.772. The van der Waals surface area contributed by atoms with Crippen molar-refractivity contribution in [2.75, 3.05) is 0 Å². The fourth-order valence-electron chi connectivity index (χ4n) is 4.38. The summed E-state index contributed by atoms with van der Waals surface area (Å²) < 4.78 is 0. The summed E-state index contributed by atoms with van der Waals surface area (Å²) in [7, 11) is 0. The minimum absolute atomic E-state index is 0.772. The van der Waals surface area contributed by atoms with Gasteiger partial charge in [0.05, 0.1) is 0 Å². The Hall–Kier alpha value is -1.82. The van der Waals surface area contributed by atoms with Gasteiger partial charge in [-0.05, 0) is 86.0 Å². The van der Waals surface area contributed by atoms with Crippen molar-refractivity contribution in [2.24, 2.45) is 5.92 Å². The highest BCUT2D eigenvalue weighted by molar-refractivity contribution is 5.64. The molecule has 0 nitrogen and oxygen atoms in total. The Bertz CT molecular complexity index is 667. The van der Waals surface area contributed by atoms with Gasteiger partial charge in [0.2, 0.25) is 0 Å². The van der Waals surface area contributed by atoms with Crippen LogP contribution in [0.25, 0.3) is 11.1 Å². The van der Waals surface area contributed by atoms with Gasteiger partial charge in [0.25, 0.3) is 0 Å². The summed E-state index contributed by atoms with van der Waals surface area (Å²) in [5, 5.41) is 0. The van der Waals surface area contributed by atoms with Crippen molar-refractivity contribution in [2.45, 2.75) is 71.1 Å². The molecule has 0 N–H and O–H groups in total. The minimum Gasteiger partial charge on any atom is -0.0917 e. The van der Waals surface area contributed by atoms with Crippen molar-refractivity contribution in [1.29, 1.82) is 0 Å². The van der Waals surface area contributed by atoms with E-state index in [9.17, 15) is 0 Å². The van der Waals surface area contributed by atoms with E-state index in [0.717, 1.165) is 11.8 Å². The second kappa shape index (κ2) is 9.76. The van der Waals surface area contributed by atoms with Gasteiger partial charge in [0.1, 0.15) is 0 Å². The zero-order valence-electron chi connectivity index (χ0n) is 16.6. The molecule has 0 amide bonds. The number of allylic oxidation sites excluding steroid dienone is 2. The third-order valence-electron chi connectivity index (χ3n) is 6.03. The summed E-state index contributed by atoms with van der Waals surface area (Å²) in [5.41, 5.74) is 5.67. The molecule has 2 aromatic rings. The molecule has 0 spiro atoms. The van der Waals surface area contributed by atoms with Crippen molar-refractivity contribution < 1.29 is 0 Å². The fourth-order valence-corrected chi connectivity index (χ4v) is 4.38. The Morgan fingerprint density at radius 2 is 1.46 bits per heavy atom. The molecule has 0 unspecified atom stereocenters. The van der Waals surface area contributed by atoms with Crippen LogP contribution in [-0.4, -0.2) is 0 Å². The molecule has 138 valence electrons. The Morgan fingerprint density at radius 3 is 2.04 bits per heavy atom. The molecule has 1 aliphatic carbocycles. The SMILES string of the molecule is C/C=C/CC[C@H]1CC[C@H](c2ccc(-c3ccc(CCC)cc3)cc2)CC1. The first-order valence-electron chi connectivity index (χ1n) is 10.6. The molecule has 2 aromatic carbocycles. The molecule has 0 saturated heterocycles. The maximum atomic E-state index is 2.38. The second-order valence-corrected chi connectivity index (χ2v) is 7.93. The number of hydrogen-bond acceptors (Lipinski definition) is 0. The maximum Gasteiger partial charge on any atom is -0.0162 e. The smallest absolute Gasteiger partial charge is 0.0162 e. The molecule has 1 aliphatic rings. The molecule has 0 aromatic heterocycles. The molecule has 0 radical (unpaired) electrons. The maximum absolute atomic E-state index is 2.38. The van der Waals surface area contributed by atoms with Crippen LogP contribution in [0.1, 0.15) is 75.8 Å². The summed E-state index contributed by atoms with van der Waals surface area (Å²) in [6, 6.07) is 18.5. The van der Waals surface area contributed by atoms with E-state index in [4.69, 9.17) is 0 Å². The third-order valence-corrected chi connectivity index (χ3v) is 6.03. The van der Waals surface area contributed by atoms with Gasteiger partial charge in [-0.15, -0.1) is 0 Å². The number of aryl methyl sites for hydroxylation is 1. The van der Waals surface area contributed by atoms with Crippen molar-refractivity contribution in [3.8, 4) is 11.1 Å². The van der Waals surface area contributed by atoms with Gasteiger partial charge < -0.3 is 0 Å². The van der Waals surface area contributed by atoms with E-state index < -0.39 is 0 Å². The number of hydrogen-bond donors (Lipinski definition) is 0. The van der Waals surface area contributed by atoms with Crippen molar-refractivity contribution in [3.05, 3.63) is 71.8 Å². The summed E-state index contributed by atoms with van der Waals surface area (Å²) >= 11 is 0. The van der Waals surface area contributed by atoms with E-state index in [0.29, 0.717) is 0 Å². The Balaban J connectivity index is 1.56. The van der Waals surface area contributed by atoms with Crippen LogP contribution in [0.3, 0.4) is 0 Å². The first kappa shape index (κ1) is 19.0. The molecule has 0 bridgehead atoms. The highest BCUT2D eigenvalue weighted by atomic mass is 14.3. The molecule has 0 aliphatic heterocycles. The van der Waals surface area contributed by atoms with E-state index in [1.54, 1.807) is 5.56 Å².